The van der Waals surface area contributed by atoms with Crippen LogP contribution in [-0.2, 0) is 0 Å². The zero-order valence-electron chi connectivity index (χ0n) is 19.9. The molecule has 2 N–H and O–H groups in total. The number of hydrogen-bond donors (Lipinski definition) is 2. The van der Waals surface area contributed by atoms with Gasteiger partial charge in [0.25, 0.3) is 5.91 Å². The molecule has 0 unspecified atom stereocenters. The summed E-state index contributed by atoms with van der Waals surface area (Å²) >= 11 is 0. The topological polar surface area (TPSA) is 137 Å². The lowest BCUT2D eigenvalue weighted by Gasteiger charge is -2.15. The van der Waals surface area contributed by atoms with Crippen LogP contribution in [0.25, 0.3) is 0 Å². The Kier molecular flexibility index (Phi) is 8.13. The summed E-state index contributed by atoms with van der Waals surface area (Å²) in [6.45, 7) is 0. The maximum absolute atomic E-state index is 12.7. The highest BCUT2D eigenvalue weighted by Gasteiger charge is 2.20. The molecule has 1 aromatic heterocycles. The Labute approximate surface area is 202 Å². The first-order valence-corrected chi connectivity index (χ1v) is 10.3. The van der Waals surface area contributed by atoms with E-state index < -0.39 is 11.8 Å². The van der Waals surface area contributed by atoms with Crippen molar-refractivity contribution in [2.75, 3.05) is 41.0 Å². The number of carbonyl (C=O) groups excluding carboxylic acids is 1. The third-order valence-corrected chi connectivity index (χ3v) is 5.05. The summed E-state index contributed by atoms with van der Waals surface area (Å²) in [4.78, 5) is 21.3. The van der Waals surface area contributed by atoms with E-state index in [1.807, 2.05) is 0 Å². The lowest BCUT2D eigenvalue weighted by atomic mass is 9.97. The number of methoxy groups -OCH3 is 5. The van der Waals surface area contributed by atoms with E-state index >= 15 is 0 Å². The maximum atomic E-state index is 12.7. The third kappa shape index (κ3) is 5.44. The predicted molar refractivity (Wildman–Crippen MR) is 126 cm³/mol. The van der Waals surface area contributed by atoms with Crippen molar-refractivity contribution in [2.45, 2.75) is 5.92 Å². The highest BCUT2D eigenvalue weighted by Crippen LogP contribution is 2.38. The lowest BCUT2D eigenvalue weighted by Crippen LogP contribution is -2.30. The number of amides is 1. The number of carbonyl (C=O) groups is 1. The molecule has 0 saturated carbocycles. The van der Waals surface area contributed by atoms with Crippen molar-refractivity contribution >= 4 is 11.7 Å². The molecule has 35 heavy (non-hydrogen) atoms. The summed E-state index contributed by atoms with van der Waals surface area (Å²) < 4.78 is 26.4. The molecule has 11 heteroatoms. The van der Waals surface area contributed by atoms with Crippen LogP contribution in [0.15, 0.2) is 42.7 Å². The van der Waals surface area contributed by atoms with E-state index in [1.165, 1.54) is 60.1 Å². The van der Waals surface area contributed by atoms with Crippen LogP contribution in [0.2, 0.25) is 0 Å². The van der Waals surface area contributed by atoms with Gasteiger partial charge in [0.05, 0.1) is 59.7 Å². The first-order valence-electron chi connectivity index (χ1n) is 10.3. The van der Waals surface area contributed by atoms with E-state index in [1.54, 1.807) is 18.2 Å². The van der Waals surface area contributed by atoms with Crippen molar-refractivity contribution in [3.05, 3.63) is 59.5 Å². The predicted octanol–water partition coefficient (Wildman–Crippen LogP) is 2.93. The van der Waals surface area contributed by atoms with Crippen molar-refractivity contribution < 1.29 is 28.5 Å². The molecule has 11 nitrogen and oxygen atoms in total. The molecule has 0 saturated heterocycles. The fraction of sp³-hybridized carbons (Fsp3) is 0.250. The fourth-order valence-corrected chi connectivity index (χ4v) is 3.33. The Morgan fingerprint density at radius 3 is 2.11 bits per heavy atom. The molecule has 0 aliphatic rings. The maximum Gasteiger partial charge on any atom is 0.269 e. The molecule has 0 bridgehead atoms. The van der Waals surface area contributed by atoms with Gasteiger partial charge in [-0.3, -0.25) is 20.6 Å². The zero-order valence-corrected chi connectivity index (χ0v) is 19.9. The number of nitrogens with one attached hydrogen (secondary N) is 2. The number of hydrazine groups is 1. The number of rotatable bonds is 10. The minimum Gasteiger partial charge on any atom is -0.493 e. The summed E-state index contributed by atoms with van der Waals surface area (Å²) in [5, 5.41) is 9.81. The van der Waals surface area contributed by atoms with E-state index in [2.05, 4.69) is 26.9 Å². The van der Waals surface area contributed by atoms with E-state index in [9.17, 15) is 10.1 Å². The lowest BCUT2D eigenvalue weighted by molar-refractivity contribution is 0.0961. The molecule has 1 amide bonds. The van der Waals surface area contributed by atoms with Gasteiger partial charge in [0.1, 0.15) is 5.92 Å². The monoisotopic (exact) mass is 479 g/mol. The molecule has 0 radical (unpaired) electrons. The Hall–Kier alpha value is -4.72. The number of ether oxygens (including phenoxy) is 5. The number of nitrogens with zero attached hydrogens (tertiary/aromatic N) is 3. The Morgan fingerprint density at radius 1 is 0.886 bits per heavy atom. The minimum atomic E-state index is -0.727. The minimum absolute atomic E-state index is 0.240. The molecule has 3 aromatic rings. The van der Waals surface area contributed by atoms with Crippen LogP contribution in [0.5, 0.6) is 28.7 Å². The van der Waals surface area contributed by atoms with E-state index in [0.717, 1.165) is 0 Å². The molecule has 0 aliphatic carbocycles. The molecule has 1 heterocycles. The van der Waals surface area contributed by atoms with Crippen molar-refractivity contribution in [3.63, 3.8) is 0 Å². The van der Waals surface area contributed by atoms with Gasteiger partial charge < -0.3 is 23.7 Å². The SMILES string of the molecule is COc1ccc([C@@H](C#N)c2cncc(NNC(=O)c3cc(OC)c(OC)c(OC)c3)n2)cc1OC. The van der Waals surface area contributed by atoms with Gasteiger partial charge >= 0.3 is 0 Å². The first kappa shape index (κ1) is 24.9. The first-order chi connectivity index (χ1) is 17.0. The van der Waals surface area contributed by atoms with Crippen LogP contribution < -0.4 is 34.5 Å². The van der Waals surface area contributed by atoms with E-state index in [0.29, 0.717) is 40.0 Å². The number of hydrogen-bond acceptors (Lipinski definition) is 10. The number of benzene rings is 2. The smallest absolute Gasteiger partial charge is 0.269 e. The summed E-state index contributed by atoms with van der Waals surface area (Å²) in [7, 11) is 7.45. The second-order valence-electron chi connectivity index (χ2n) is 7.00. The van der Waals surface area contributed by atoms with Crippen LogP contribution in [0.1, 0.15) is 27.5 Å². The van der Waals surface area contributed by atoms with Crippen LogP contribution in [0.4, 0.5) is 5.82 Å². The van der Waals surface area contributed by atoms with E-state index in [-0.39, 0.29) is 11.4 Å². The Morgan fingerprint density at radius 2 is 1.54 bits per heavy atom. The average Bonchev–Trinajstić information content (AvgIpc) is 2.91. The highest BCUT2D eigenvalue weighted by molar-refractivity contribution is 5.96. The molecule has 0 fully saturated rings. The summed E-state index contributed by atoms with van der Waals surface area (Å²) in [6.07, 6.45) is 2.90. The van der Waals surface area contributed by atoms with Crippen molar-refractivity contribution in [2.24, 2.45) is 0 Å². The Balaban J connectivity index is 1.80. The van der Waals surface area contributed by atoms with E-state index in [4.69, 9.17) is 23.7 Å². The molecule has 0 aliphatic heterocycles. The summed E-state index contributed by atoms with van der Waals surface area (Å²) in [5.74, 6) is 1.12. The standard InChI is InChI=1S/C24H25N5O6/c1-31-18-7-6-14(8-19(18)32-2)16(11-25)17-12-26-13-22(27-17)28-29-24(30)15-9-20(33-3)23(35-5)21(10-15)34-4/h6-10,12-13,16H,1-5H3,(H,27,28)(H,29,30)/t16-/m1/s1. The van der Waals surface area contributed by atoms with Crippen molar-refractivity contribution in [1.82, 2.24) is 15.4 Å². The molecule has 182 valence electrons. The van der Waals surface area contributed by atoms with Gasteiger partial charge in [-0.25, -0.2) is 4.98 Å². The summed E-state index contributed by atoms with van der Waals surface area (Å²) in [6, 6.07) is 10.4. The number of nitriles is 1. The largest absolute Gasteiger partial charge is 0.493 e. The van der Waals surface area contributed by atoms with Crippen LogP contribution in [0.3, 0.4) is 0 Å². The molecular formula is C24H25N5O6. The molecular weight excluding hydrogens is 454 g/mol. The molecule has 2 aromatic carbocycles. The summed E-state index contributed by atoms with van der Waals surface area (Å²) in [5.41, 5.74) is 6.56. The second-order valence-corrected chi connectivity index (χ2v) is 7.00. The zero-order chi connectivity index (χ0) is 25.4. The van der Waals surface area contributed by atoms with Gasteiger partial charge in [-0.2, -0.15) is 5.26 Å². The third-order valence-electron chi connectivity index (χ3n) is 5.05. The molecule has 0 spiro atoms. The second kappa shape index (κ2) is 11.4. The number of anilines is 1. The fourth-order valence-electron chi connectivity index (χ4n) is 3.33. The Bertz CT molecular complexity index is 1220. The van der Waals surface area contributed by atoms with Crippen LogP contribution in [-0.4, -0.2) is 51.4 Å². The average molecular weight is 479 g/mol. The quantitative estimate of drug-likeness (QED) is 0.418. The van der Waals surface area contributed by atoms with Gasteiger partial charge in [-0.1, -0.05) is 6.07 Å². The van der Waals surface area contributed by atoms with Crippen LogP contribution >= 0.6 is 0 Å². The normalized spacial score (nSPS) is 11.0. The van der Waals surface area contributed by atoms with Gasteiger partial charge in [0.15, 0.2) is 28.8 Å². The van der Waals surface area contributed by atoms with Gasteiger partial charge in [-0.05, 0) is 29.8 Å². The number of aromatic nitrogens is 2. The van der Waals surface area contributed by atoms with Gasteiger partial charge in [-0.15, -0.1) is 0 Å². The highest BCUT2D eigenvalue weighted by atomic mass is 16.5. The van der Waals surface area contributed by atoms with Crippen molar-refractivity contribution in [3.8, 4) is 34.8 Å². The van der Waals surface area contributed by atoms with Crippen molar-refractivity contribution in [1.29, 1.82) is 5.26 Å². The molecule has 1 atom stereocenters. The van der Waals surface area contributed by atoms with Crippen LogP contribution in [0, 0.1) is 11.3 Å². The van der Waals surface area contributed by atoms with Gasteiger partial charge in [0, 0.05) is 5.56 Å². The molecule has 3 rings (SSSR count). The van der Waals surface area contributed by atoms with Gasteiger partial charge in [0.2, 0.25) is 5.75 Å².